The zero-order chi connectivity index (χ0) is 18.3. The number of amides is 1. The number of carbonyl (C=O) groups is 2. The number of nitrogens with zero attached hydrogens (tertiary/aromatic N) is 2. The molecule has 1 unspecified atom stereocenters. The van der Waals surface area contributed by atoms with Gasteiger partial charge in [0, 0.05) is 30.1 Å². The van der Waals surface area contributed by atoms with Crippen LogP contribution in [-0.2, 0) is 6.42 Å². The molecule has 4 rings (SSSR count). The number of rotatable bonds is 2. The first kappa shape index (κ1) is 16.1. The van der Waals surface area contributed by atoms with Gasteiger partial charge in [0.1, 0.15) is 11.1 Å². The molecule has 0 bridgehead atoms. The molecule has 130 valence electrons. The summed E-state index contributed by atoms with van der Waals surface area (Å²) >= 11 is 0. The van der Waals surface area contributed by atoms with Crippen LogP contribution in [0, 0.1) is 5.92 Å². The van der Waals surface area contributed by atoms with E-state index in [2.05, 4.69) is 20.3 Å². The van der Waals surface area contributed by atoms with Gasteiger partial charge < -0.3 is 10.3 Å². The number of pyridine rings is 1. The second-order valence-electron chi connectivity index (χ2n) is 6.52. The molecule has 26 heavy (non-hydrogen) atoms. The Bertz CT molecular complexity index is 1100. The zero-order valence-electron chi connectivity index (χ0n) is 14.1. The fourth-order valence-electron chi connectivity index (χ4n) is 3.28. The van der Waals surface area contributed by atoms with E-state index in [4.69, 9.17) is 0 Å². The Morgan fingerprint density at radius 1 is 1.19 bits per heavy atom. The molecule has 7 heteroatoms. The molecule has 2 aromatic heterocycles. The van der Waals surface area contributed by atoms with Crippen LogP contribution in [0.5, 0.6) is 0 Å². The average Bonchev–Trinajstić information content (AvgIpc) is 2.61. The SMILES string of the molecule is CC1CC(=O)c2cc(C(=O)Nc3cccc4nccnc34)c(=O)[nH]c2C1. The second kappa shape index (κ2) is 6.18. The van der Waals surface area contributed by atoms with Crippen molar-refractivity contribution < 1.29 is 9.59 Å². The predicted molar refractivity (Wildman–Crippen MR) is 96.4 cm³/mol. The number of carbonyl (C=O) groups excluding carboxylic acids is 2. The summed E-state index contributed by atoms with van der Waals surface area (Å²) in [4.78, 5) is 48.3. The maximum atomic E-state index is 12.6. The number of Topliss-reactive ketones (excluding diaryl/α,β-unsaturated/α-hetero) is 1. The summed E-state index contributed by atoms with van der Waals surface area (Å²) in [5.74, 6) is -0.460. The number of para-hydroxylation sites is 1. The number of ketones is 1. The molecule has 1 aliphatic rings. The van der Waals surface area contributed by atoms with Crippen molar-refractivity contribution in [2.45, 2.75) is 19.8 Å². The van der Waals surface area contributed by atoms with Crippen molar-refractivity contribution in [2.24, 2.45) is 5.92 Å². The first-order valence-corrected chi connectivity index (χ1v) is 8.33. The van der Waals surface area contributed by atoms with Crippen LogP contribution in [0.15, 0.2) is 41.5 Å². The van der Waals surface area contributed by atoms with E-state index >= 15 is 0 Å². The molecular formula is C19H16N4O3. The molecule has 1 aliphatic carbocycles. The van der Waals surface area contributed by atoms with Crippen molar-refractivity contribution in [3.05, 3.63) is 63.8 Å². The Balaban J connectivity index is 1.72. The lowest BCUT2D eigenvalue weighted by Crippen LogP contribution is -2.29. The van der Waals surface area contributed by atoms with Crippen LogP contribution in [0.2, 0.25) is 0 Å². The standard InChI is InChI=1S/C19H16N4O3/c1-10-7-15-11(16(24)8-10)9-12(19(26)23-15)18(25)22-14-4-2-3-13-17(14)21-6-5-20-13/h2-6,9-10H,7-8H2,1H3,(H,22,25)(H,23,26). The predicted octanol–water partition coefficient (Wildman–Crippen LogP) is 2.34. The van der Waals surface area contributed by atoms with Crippen molar-refractivity contribution >= 4 is 28.4 Å². The number of anilines is 1. The highest BCUT2D eigenvalue weighted by atomic mass is 16.2. The van der Waals surface area contributed by atoms with Crippen LogP contribution >= 0.6 is 0 Å². The minimum absolute atomic E-state index is 0.0555. The lowest BCUT2D eigenvalue weighted by Gasteiger charge is -2.20. The maximum Gasteiger partial charge on any atom is 0.261 e. The summed E-state index contributed by atoms with van der Waals surface area (Å²) in [6, 6.07) is 6.61. The van der Waals surface area contributed by atoms with E-state index in [-0.39, 0.29) is 17.3 Å². The Morgan fingerprint density at radius 2 is 2.00 bits per heavy atom. The molecule has 3 aromatic rings. The van der Waals surface area contributed by atoms with Gasteiger partial charge in [-0.05, 0) is 30.5 Å². The van der Waals surface area contributed by atoms with Crippen LogP contribution in [0.1, 0.15) is 39.8 Å². The topological polar surface area (TPSA) is 105 Å². The molecule has 1 aromatic carbocycles. The van der Waals surface area contributed by atoms with E-state index in [0.717, 1.165) is 0 Å². The normalized spacial score (nSPS) is 16.3. The number of aromatic nitrogens is 3. The average molecular weight is 348 g/mol. The van der Waals surface area contributed by atoms with Crippen molar-refractivity contribution in [3.8, 4) is 0 Å². The van der Waals surface area contributed by atoms with Gasteiger partial charge in [-0.3, -0.25) is 24.4 Å². The summed E-state index contributed by atoms with van der Waals surface area (Å²) in [5.41, 5.74) is 2.05. The molecule has 1 atom stereocenters. The number of hydrogen-bond donors (Lipinski definition) is 2. The summed E-state index contributed by atoms with van der Waals surface area (Å²) < 4.78 is 0. The van der Waals surface area contributed by atoms with Gasteiger partial charge in [-0.15, -0.1) is 0 Å². The molecule has 7 nitrogen and oxygen atoms in total. The first-order chi connectivity index (χ1) is 12.5. The Labute approximate surface area is 148 Å². The summed E-state index contributed by atoms with van der Waals surface area (Å²) in [5, 5.41) is 2.70. The number of nitrogens with one attached hydrogen (secondary N) is 2. The minimum atomic E-state index is -0.585. The van der Waals surface area contributed by atoms with E-state index in [1.807, 2.05) is 6.92 Å². The number of hydrogen-bond acceptors (Lipinski definition) is 5. The Hall–Kier alpha value is -3.35. The largest absolute Gasteiger partial charge is 0.325 e. The summed E-state index contributed by atoms with van der Waals surface area (Å²) in [6.45, 7) is 1.96. The number of fused-ring (bicyclic) bond motifs is 2. The molecule has 0 fully saturated rings. The minimum Gasteiger partial charge on any atom is -0.325 e. The smallest absolute Gasteiger partial charge is 0.261 e. The Morgan fingerprint density at radius 3 is 2.85 bits per heavy atom. The van der Waals surface area contributed by atoms with Gasteiger partial charge in [-0.1, -0.05) is 13.0 Å². The maximum absolute atomic E-state index is 12.6. The fourth-order valence-corrected chi connectivity index (χ4v) is 3.28. The molecule has 0 aliphatic heterocycles. The third kappa shape index (κ3) is 2.77. The quantitative estimate of drug-likeness (QED) is 0.739. The van der Waals surface area contributed by atoms with Crippen molar-refractivity contribution in [1.82, 2.24) is 15.0 Å². The molecule has 0 spiro atoms. The first-order valence-electron chi connectivity index (χ1n) is 8.33. The second-order valence-corrected chi connectivity index (χ2v) is 6.52. The van der Waals surface area contributed by atoms with Gasteiger partial charge in [0.15, 0.2) is 5.78 Å². The van der Waals surface area contributed by atoms with E-state index in [1.165, 1.54) is 12.3 Å². The highest BCUT2D eigenvalue weighted by Gasteiger charge is 2.25. The summed E-state index contributed by atoms with van der Waals surface area (Å²) in [7, 11) is 0. The highest BCUT2D eigenvalue weighted by Crippen LogP contribution is 2.24. The number of aromatic amines is 1. The van der Waals surface area contributed by atoms with Gasteiger partial charge in [-0.2, -0.15) is 0 Å². The molecule has 0 saturated heterocycles. The molecule has 1 amide bonds. The van der Waals surface area contributed by atoms with Gasteiger partial charge >= 0.3 is 0 Å². The Kier molecular flexibility index (Phi) is 3.84. The van der Waals surface area contributed by atoms with Crippen molar-refractivity contribution in [2.75, 3.05) is 5.32 Å². The molecule has 0 radical (unpaired) electrons. The van der Waals surface area contributed by atoms with Gasteiger partial charge in [-0.25, -0.2) is 0 Å². The molecule has 2 N–H and O–H groups in total. The molecular weight excluding hydrogens is 332 g/mol. The van der Waals surface area contributed by atoms with Crippen LogP contribution in [0.4, 0.5) is 5.69 Å². The van der Waals surface area contributed by atoms with Crippen molar-refractivity contribution in [3.63, 3.8) is 0 Å². The molecule has 0 saturated carbocycles. The van der Waals surface area contributed by atoms with Crippen LogP contribution in [0.3, 0.4) is 0 Å². The van der Waals surface area contributed by atoms with Crippen molar-refractivity contribution in [1.29, 1.82) is 0 Å². The van der Waals surface area contributed by atoms with Gasteiger partial charge in [0.2, 0.25) is 0 Å². The van der Waals surface area contributed by atoms with Crippen LogP contribution in [-0.4, -0.2) is 26.6 Å². The van der Waals surface area contributed by atoms with Gasteiger partial charge in [0.05, 0.1) is 11.2 Å². The summed E-state index contributed by atoms with van der Waals surface area (Å²) in [6.07, 6.45) is 4.13. The zero-order valence-corrected chi connectivity index (χ0v) is 14.1. The van der Waals surface area contributed by atoms with E-state index < -0.39 is 11.5 Å². The fraction of sp³-hybridized carbons (Fsp3) is 0.211. The lowest BCUT2D eigenvalue weighted by molar-refractivity contribution is 0.0952. The molecule has 2 heterocycles. The third-order valence-electron chi connectivity index (χ3n) is 4.50. The number of benzene rings is 1. The van der Waals surface area contributed by atoms with E-state index in [9.17, 15) is 14.4 Å². The lowest BCUT2D eigenvalue weighted by atomic mass is 9.86. The monoisotopic (exact) mass is 348 g/mol. The number of H-pyrrole nitrogens is 1. The van der Waals surface area contributed by atoms with Gasteiger partial charge in [0.25, 0.3) is 11.5 Å². The third-order valence-corrected chi connectivity index (χ3v) is 4.50. The van der Waals surface area contributed by atoms with E-state index in [0.29, 0.717) is 40.8 Å². The highest BCUT2D eigenvalue weighted by molar-refractivity contribution is 6.09. The van der Waals surface area contributed by atoms with E-state index in [1.54, 1.807) is 24.4 Å². The van der Waals surface area contributed by atoms with Crippen LogP contribution < -0.4 is 10.9 Å². The van der Waals surface area contributed by atoms with Crippen LogP contribution in [0.25, 0.3) is 11.0 Å².